The van der Waals surface area contributed by atoms with Gasteiger partial charge in [0.05, 0.1) is 18.4 Å². The first-order valence-corrected chi connectivity index (χ1v) is 5.30. The Balaban J connectivity index is 2.97. The smallest absolute Gasteiger partial charge is 0.414 e. The van der Waals surface area contributed by atoms with Gasteiger partial charge >= 0.3 is 12.1 Å². The van der Waals surface area contributed by atoms with Crippen LogP contribution in [0, 0.1) is 0 Å². The van der Waals surface area contributed by atoms with Crippen LogP contribution in [0.1, 0.15) is 10.4 Å². The normalized spacial score (nSPS) is 9.44. The van der Waals surface area contributed by atoms with E-state index in [1.807, 2.05) is 0 Å². The van der Waals surface area contributed by atoms with Crippen LogP contribution in [0.25, 0.3) is 0 Å². The maximum atomic E-state index is 11.7. The van der Waals surface area contributed by atoms with Gasteiger partial charge in [-0.15, -0.1) is 0 Å². The molecule has 0 spiro atoms. The molecular weight excluding hydrogens is 234 g/mol. The van der Waals surface area contributed by atoms with Crippen molar-refractivity contribution >= 4 is 17.7 Å². The number of rotatable bonds is 4. The maximum Gasteiger partial charge on any atom is 0.414 e. The number of carbonyl (C=O) groups is 2. The van der Waals surface area contributed by atoms with Gasteiger partial charge in [-0.2, -0.15) is 0 Å². The lowest BCUT2D eigenvalue weighted by Gasteiger charge is -2.18. The summed E-state index contributed by atoms with van der Waals surface area (Å²) in [5, 5.41) is 0. The second-order valence-electron chi connectivity index (χ2n) is 3.43. The van der Waals surface area contributed by atoms with Crippen LogP contribution >= 0.6 is 0 Å². The van der Waals surface area contributed by atoms with E-state index in [9.17, 15) is 9.59 Å². The number of benzene rings is 1. The number of esters is 1. The molecule has 1 aromatic rings. The summed E-state index contributed by atoms with van der Waals surface area (Å²) in [6.45, 7) is 3.57. The lowest BCUT2D eigenvalue weighted by atomic mass is 10.1. The van der Waals surface area contributed by atoms with Gasteiger partial charge in [0.25, 0.3) is 0 Å². The van der Waals surface area contributed by atoms with Crippen LogP contribution in [0.15, 0.2) is 36.9 Å². The fourth-order valence-electron chi connectivity index (χ4n) is 1.37. The summed E-state index contributed by atoms with van der Waals surface area (Å²) in [7, 11) is 2.81. The molecule has 1 amide bonds. The molecule has 0 N–H and O–H groups in total. The number of anilines is 1. The van der Waals surface area contributed by atoms with Crippen molar-refractivity contribution in [2.45, 2.75) is 0 Å². The van der Waals surface area contributed by atoms with Gasteiger partial charge in [0.2, 0.25) is 0 Å². The van der Waals surface area contributed by atoms with E-state index in [0.29, 0.717) is 11.3 Å². The summed E-state index contributed by atoms with van der Waals surface area (Å²) in [5.74, 6) is -0.506. The quantitative estimate of drug-likeness (QED) is 0.606. The highest BCUT2D eigenvalue weighted by molar-refractivity contribution is 6.00. The lowest BCUT2D eigenvalue weighted by Crippen LogP contribution is -2.28. The number of hydrogen-bond acceptors (Lipinski definition) is 4. The van der Waals surface area contributed by atoms with E-state index in [1.54, 1.807) is 24.3 Å². The minimum absolute atomic E-state index is 0.115. The predicted molar refractivity (Wildman–Crippen MR) is 67.7 cm³/mol. The molecule has 0 radical (unpaired) electrons. The van der Waals surface area contributed by atoms with Gasteiger partial charge in [-0.05, 0) is 12.1 Å². The van der Waals surface area contributed by atoms with Crippen molar-refractivity contribution < 1.29 is 19.1 Å². The molecule has 0 aromatic heterocycles. The third-order valence-electron chi connectivity index (χ3n) is 2.27. The molecule has 0 aliphatic rings. The summed E-state index contributed by atoms with van der Waals surface area (Å²) < 4.78 is 9.55. The van der Waals surface area contributed by atoms with Crippen LogP contribution in [-0.4, -0.2) is 32.8 Å². The average Bonchev–Trinajstić information content (AvgIpc) is 2.43. The lowest BCUT2D eigenvalue weighted by molar-refractivity contribution is 0.0601. The maximum absolute atomic E-state index is 11.7. The Morgan fingerprint density at radius 1 is 1.39 bits per heavy atom. The monoisotopic (exact) mass is 249 g/mol. The Labute approximate surface area is 106 Å². The van der Waals surface area contributed by atoms with Gasteiger partial charge in [0.15, 0.2) is 0 Å². The van der Waals surface area contributed by atoms with Crippen molar-refractivity contribution in [3.05, 3.63) is 42.5 Å². The molecule has 0 heterocycles. The molecule has 0 unspecified atom stereocenters. The summed E-state index contributed by atoms with van der Waals surface area (Å²) >= 11 is 0. The van der Waals surface area contributed by atoms with Gasteiger partial charge < -0.3 is 9.47 Å². The summed E-state index contributed by atoms with van der Waals surface area (Å²) in [5.41, 5.74) is 0.733. The molecule has 0 atom stereocenters. The highest BCUT2D eigenvalue weighted by atomic mass is 16.6. The molecule has 0 aliphatic carbocycles. The van der Waals surface area contributed by atoms with Crippen LogP contribution in [0.4, 0.5) is 10.5 Å². The van der Waals surface area contributed by atoms with Crippen molar-refractivity contribution in [1.29, 1.82) is 0 Å². The van der Waals surface area contributed by atoms with Crippen molar-refractivity contribution in [2.75, 3.05) is 25.7 Å². The van der Waals surface area contributed by atoms with E-state index < -0.39 is 12.1 Å². The highest BCUT2D eigenvalue weighted by Crippen LogP contribution is 2.20. The Morgan fingerprint density at radius 2 is 2.06 bits per heavy atom. The molecule has 0 fully saturated rings. The molecule has 0 aliphatic heterocycles. The molecule has 0 bridgehead atoms. The van der Waals surface area contributed by atoms with Crippen LogP contribution in [0.3, 0.4) is 0 Å². The third-order valence-corrected chi connectivity index (χ3v) is 2.27. The molecule has 1 rings (SSSR count). The predicted octanol–water partition coefficient (Wildman–Crippen LogP) is 2.23. The average molecular weight is 249 g/mol. The molecule has 5 nitrogen and oxygen atoms in total. The van der Waals surface area contributed by atoms with Crippen molar-refractivity contribution in [2.24, 2.45) is 0 Å². The first kappa shape index (κ1) is 13.8. The minimum Gasteiger partial charge on any atom is -0.465 e. The van der Waals surface area contributed by atoms with Gasteiger partial charge in [-0.25, -0.2) is 9.59 Å². The molecule has 0 saturated heterocycles. The number of amides is 1. The van der Waals surface area contributed by atoms with Crippen LogP contribution in [-0.2, 0) is 9.47 Å². The second kappa shape index (κ2) is 6.44. The first-order chi connectivity index (χ1) is 8.61. The third kappa shape index (κ3) is 3.10. The summed E-state index contributed by atoms with van der Waals surface area (Å²) in [6, 6.07) is 6.64. The minimum atomic E-state index is -0.564. The number of nitrogens with zero attached hydrogens (tertiary/aromatic N) is 1. The van der Waals surface area contributed by atoms with E-state index in [0.717, 1.165) is 0 Å². The van der Waals surface area contributed by atoms with Crippen molar-refractivity contribution in [3.63, 3.8) is 0 Å². The first-order valence-electron chi connectivity index (χ1n) is 5.30. The van der Waals surface area contributed by atoms with Crippen LogP contribution < -0.4 is 4.90 Å². The van der Waals surface area contributed by atoms with Crippen molar-refractivity contribution in [3.8, 4) is 0 Å². The fraction of sp³-hybridized carbons (Fsp3) is 0.231. The van der Waals surface area contributed by atoms with Gasteiger partial charge in [0.1, 0.15) is 6.61 Å². The molecular formula is C13H15NO4. The highest BCUT2D eigenvalue weighted by Gasteiger charge is 2.19. The molecule has 18 heavy (non-hydrogen) atoms. The Bertz CT molecular complexity index is 456. The van der Waals surface area contributed by atoms with E-state index in [-0.39, 0.29) is 6.61 Å². The molecule has 1 aromatic carbocycles. The Morgan fingerprint density at radius 3 is 2.67 bits per heavy atom. The standard InChI is InChI=1S/C13H15NO4/c1-4-9-18-13(16)14(2)11-8-6-5-7-10(11)12(15)17-3/h4-8H,1,9H2,2-3H3. The van der Waals surface area contributed by atoms with E-state index in [4.69, 9.17) is 4.74 Å². The van der Waals surface area contributed by atoms with Gasteiger partial charge in [-0.1, -0.05) is 24.8 Å². The van der Waals surface area contributed by atoms with E-state index in [2.05, 4.69) is 11.3 Å². The zero-order valence-electron chi connectivity index (χ0n) is 10.4. The van der Waals surface area contributed by atoms with Gasteiger partial charge in [-0.3, -0.25) is 4.90 Å². The summed E-state index contributed by atoms with van der Waals surface area (Å²) in [6.07, 6.45) is 0.907. The molecule has 0 saturated carbocycles. The van der Waals surface area contributed by atoms with E-state index >= 15 is 0 Å². The zero-order valence-corrected chi connectivity index (χ0v) is 10.4. The van der Waals surface area contributed by atoms with Crippen LogP contribution in [0.2, 0.25) is 0 Å². The second-order valence-corrected chi connectivity index (χ2v) is 3.43. The van der Waals surface area contributed by atoms with Crippen molar-refractivity contribution in [1.82, 2.24) is 0 Å². The molecule has 96 valence electrons. The number of hydrogen-bond donors (Lipinski definition) is 0. The summed E-state index contributed by atoms with van der Waals surface area (Å²) in [4.78, 5) is 24.5. The fourth-order valence-corrected chi connectivity index (χ4v) is 1.37. The Kier molecular flexibility index (Phi) is 4.92. The van der Waals surface area contributed by atoms with E-state index in [1.165, 1.54) is 25.1 Å². The van der Waals surface area contributed by atoms with Gasteiger partial charge in [0, 0.05) is 7.05 Å². The number of ether oxygens (including phenoxy) is 2. The Hall–Kier alpha value is -2.30. The topological polar surface area (TPSA) is 55.8 Å². The number of carbonyl (C=O) groups excluding carboxylic acids is 2. The SMILES string of the molecule is C=CCOC(=O)N(C)c1ccccc1C(=O)OC. The molecule has 5 heteroatoms. The zero-order chi connectivity index (χ0) is 13.5. The largest absolute Gasteiger partial charge is 0.465 e. The number of methoxy groups -OCH3 is 1. The van der Waals surface area contributed by atoms with Crippen LogP contribution in [0.5, 0.6) is 0 Å². The number of para-hydroxylation sites is 1.